The van der Waals surface area contributed by atoms with Crippen LogP contribution < -0.4 is 5.32 Å². The van der Waals surface area contributed by atoms with Gasteiger partial charge in [-0.05, 0) is 36.2 Å². The first kappa shape index (κ1) is 19.4. The molecule has 0 aliphatic carbocycles. The molecule has 154 valence electrons. The maximum Gasteiger partial charge on any atom is 0.252 e. The number of benzene rings is 2. The van der Waals surface area contributed by atoms with E-state index in [-0.39, 0.29) is 11.9 Å². The second-order valence-corrected chi connectivity index (χ2v) is 7.99. The van der Waals surface area contributed by atoms with Gasteiger partial charge in [-0.2, -0.15) is 0 Å². The third-order valence-corrected chi connectivity index (χ3v) is 5.77. The topological polar surface area (TPSA) is 58.1 Å². The molecular formula is C26H24N4O. The third-order valence-electron chi connectivity index (χ3n) is 5.77. The quantitative estimate of drug-likeness (QED) is 0.535. The highest BCUT2D eigenvalue weighted by Crippen LogP contribution is 2.25. The number of aromatic nitrogens is 2. The largest absolute Gasteiger partial charge is 0.348 e. The van der Waals surface area contributed by atoms with Crippen molar-refractivity contribution in [3.63, 3.8) is 0 Å². The standard InChI is InChI=1S/C26H24N4O/c31-26(28-21-12-14-30(18-21)17-19-7-2-1-3-8-19)23-15-25(20-9-6-13-27-16-20)29-24-11-5-4-10-22(23)24/h1-11,13,15-16,21H,12,14,17-18H2,(H,28,31)/t21-/m0/s1. The average molecular weight is 409 g/mol. The van der Waals surface area contributed by atoms with Crippen molar-refractivity contribution in [2.75, 3.05) is 13.1 Å². The number of amides is 1. The first-order valence-electron chi connectivity index (χ1n) is 10.6. The molecular weight excluding hydrogens is 384 g/mol. The van der Waals surface area contributed by atoms with Crippen LogP contribution in [0.4, 0.5) is 0 Å². The summed E-state index contributed by atoms with van der Waals surface area (Å²) >= 11 is 0. The molecule has 2 aromatic heterocycles. The highest BCUT2D eigenvalue weighted by Gasteiger charge is 2.25. The minimum atomic E-state index is -0.0460. The molecule has 1 aliphatic heterocycles. The number of para-hydroxylation sites is 1. The normalized spacial score (nSPS) is 16.5. The predicted molar refractivity (Wildman–Crippen MR) is 123 cm³/mol. The minimum absolute atomic E-state index is 0.0460. The van der Waals surface area contributed by atoms with E-state index >= 15 is 0 Å². The summed E-state index contributed by atoms with van der Waals surface area (Å²) in [6.07, 6.45) is 4.47. The van der Waals surface area contributed by atoms with Gasteiger partial charge in [-0.3, -0.25) is 14.7 Å². The van der Waals surface area contributed by atoms with Gasteiger partial charge in [0.1, 0.15) is 0 Å². The Morgan fingerprint density at radius 2 is 1.87 bits per heavy atom. The average Bonchev–Trinajstić information content (AvgIpc) is 3.26. The Kier molecular flexibility index (Phi) is 5.42. The Hall–Kier alpha value is -3.57. The zero-order valence-electron chi connectivity index (χ0n) is 17.2. The van der Waals surface area contributed by atoms with Crippen LogP contribution >= 0.6 is 0 Å². The molecule has 0 saturated carbocycles. The lowest BCUT2D eigenvalue weighted by atomic mass is 10.0. The molecule has 31 heavy (non-hydrogen) atoms. The van der Waals surface area contributed by atoms with Crippen LogP contribution in [0.25, 0.3) is 22.2 Å². The molecule has 0 radical (unpaired) electrons. The van der Waals surface area contributed by atoms with E-state index in [1.54, 1.807) is 12.4 Å². The summed E-state index contributed by atoms with van der Waals surface area (Å²) in [5.41, 5.74) is 4.43. The number of likely N-dealkylation sites (tertiary alicyclic amines) is 1. The SMILES string of the molecule is O=C(N[C@H]1CCN(Cc2ccccc2)C1)c1cc(-c2cccnc2)nc2ccccc12. The maximum atomic E-state index is 13.3. The highest BCUT2D eigenvalue weighted by atomic mass is 16.1. The smallest absolute Gasteiger partial charge is 0.252 e. The fourth-order valence-electron chi connectivity index (χ4n) is 4.22. The maximum absolute atomic E-state index is 13.3. The summed E-state index contributed by atoms with van der Waals surface area (Å²) in [6.45, 7) is 2.76. The predicted octanol–water partition coefficient (Wildman–Crippen LogP) is 4.30. The molecule has 1 amide bonds. The minimum Gasteiger partial charge on any atom is -0.348 e. The highest BCUT2D eigenvalue weighted by molar-refractivity contribution is 6.07. The molecule has 1 aliphatic rings. The van der Waals surface area contributed by atoms with Crippen molar-refractivity contribution >= 4 is 16.8 Å². The molecule has 5 nitrogen and oxygen atoms in total. The molecule has 5 rings (SSSR count). The van der Waals surface area contributed by atoms with Gasteiger partial charge in [-0.15, -0.1) is 0 Å². The second kappa shape index (κ2) is 8.66. The lowest BCUT2D eigenvalue weighted by Crippen LogP contribution is -2.37. The molecule has 2 aromatic carbocycles. The summed E-state index contributed by atoms with van der Waals surface area (Å²) in [5.74, 6) is -0.0460. The third kappa shape index (κ3) is 4.32. The van der Waals surface area contributed by atoms with E-state index in [4.69, 9.17) is 4.98 Å². The van der Waals surface area contributed by atoms with Crippen LogP contribution in [0, 0.1) is 0 Å². The van der Waals surface area contributed by atoms with Gasteiger partial charge >= 0.3 is 0 Å². The Morgan fingerprint density at radius 1 is 1.03 bits per heavy atom. The molecule has 1 atom stereocenters. The number of rotatable bonds is 5. The Morgan fingerprint density at radius 3 is 2.71 bits per heavy atom. The van der Waals surface area contributed by atoms with Gasteiger partial charge in [0.15, 0.2) is 0 Å². The van der Waals surface area contributed by atoms with Crippen LogP contribution in [0.15, 0.2) is 85.2 Å². The van der Waals surface area contributed by atoms with Crippen LogP contribution in [0.1, 0.15) is 22.3 Å². The van der Waals surface area contributed by atoms with Crippen LogP contribution in [-0.4, -0.2) is 39.9 Å². The molecule has 1 fully saturated rings. The van der Waals surface area contributed by atoms with E-state index in [1.165, 1.54) is 5.56 Å². The van der Waals surface area contributed by atoms with Crippen molar-refractivity contribution < 1.29 is 4.79 Å². The summed E-state index contributed by atoms with van der Waals surface area (Å²) in [7, 11) is 0. The molecule has 0 spiro atoms. The number of nitrogens with one attached hydrogen (secondary N) is 1. The molecule has 0 bridgehead atoms. The lowest BCUT2D eigenvalue weighted by molar-refractivity contribution is 0.0939. The van der Waals surface area contributed by atoms with Crippen molar-refractivity contribution in [3.05, 3.63) is 96.3 Å². The van der Waals surface area contributed by atoms with Crippen LogP contribution in [0.2, 0.25) is 0 Å². The Labute approximate surface area is 181 Å². The van der Waals surface area contributed by atoms with Crippen LogP contribution in [0.3, 0.4) is 0 Å². The molecule has 1 saturated heterocycles. The monoisotopic (exact) mass is 408 g/mol. The van der Waals surface area contributed by atoms with Crippen molar-refractivity contribution in [1.82, 2.24) is 20.2 Å². The van der Waals surface area contributed by atoms with Gasteiger partial charge in [-0.1, -0.05) is 48.5 Å². The van der Waals surface area contributed by atoms with Crippen molar-refractivity contribution in [2.45, 2.75) is 19.0 Å². The van der Waals surface area contributed by atoms with Gasteiger partial charge in [0.25, 0.3) is 5.91 Å². The molecule has 1 N–H and O–H groups in total. The fourth-order valence-corrected chi connectivity index (χ4v) is 4.22. The fraction of sp³-hybridized carbons (Fsp3) is 0.192. The van der Waals surface area contributed by atoms with Crippen LogP contribution in [-0.2, 0) is 6.54 Å². The number of carbonyl (C=O) groups excluding carboxylic acids is 1. The number of hydrogen-bond donors (Lipinski definition) is 1. The van der Waals surface area contributed by atoms with Gasteiger partial charge < -0.3 is 5.32 Å². The summed E-state index contributed by atoms with van der Waals surface area (Å²) in [6, 6.07) is 24.1. The molecule has 5 heteroatoms. The number of hydrogen-bond acceptors (Lipinski definition) is 4. The first-order valence-corrected chi connectivity index (χ1v) is 10.6. The van der Waals surface area contributed by atoms with Gasteiger partial charge in [0, 0.05) is 49.0 Å². The van der Waals surface area contributed by atoms with Crippen molar-refractivity contribution in [1.29, 1.82) is 0 Å². The van der Waals surface area contributed by atoms with Crippen molar-refractivity contribution in [3.8, 4) is 11.3 Å². The number of carbonyl (C=O) groups is 1. The van der Waals surface area contributed by atoms with E-state index in [0.717, 1.165) is 48.2 Å². The molecule has 3 heterocycles. The summed E-state index contributed by atoms with van der Waals surface area (Å²) in [5, 5.41) is 4.13. The zero-order chi connectivity index (χ0) is 21.0. The number of nitrogens with zero attached hydrogens (tertiary/aromatic N) is 3. The Balaban J connectivity index is 1.36. The van der Waals surface area contributed by atoms with E-state index in [2.05, 4.69) is 39.5 Å². The van der Waals surface area contributed by atoms with E-state index in [9.17, 15) is 4.79 Å². The summed E-state index contributed by atoms with van der Waals surface area (Å²) < 4.78 is 0. The lowest BCUT2D eigenvalue weighted by Gasteiger charge is -2.17. The van der Waals surface area contributed by atoms with E-state index in [0.29, 0.717) is 5.56 Å². The van der Waals surface area contributed by atoms with Gasteiger partial charge in [0.2, 0.25) is 0 Å². The number of fused-ring (bicyclic) bond motifs is 1. The summed E-state index contributed by atoms with van der Waals surface area (Å²) in [4.78, 5) is 24.6. The number of pyridine rings is 2. The first-order chi connectivity index (χ1) is 15.3. The van der Waals surface area contributed by atoms with E-state index in [1.807, 2.05) is 48.5 Å². The van der Waals surface area contributed by atoms with Crippen molar-refractivity contribution in [2.24, 2.45) is 0 Å². The Bertz CT molecular complexity index is 1190. The van der Waals surface area contributed by atoms with Gasteiger partial charge in [-0.25, -0.2) is 4.98 Å². The van der Waals surface area contributed by atoms with Gasteiger partial charge in [0.05, 0.1) is 16.8 Å². The zero-order valence-corrected chi connectivity index (χ0v) is 17.2. The van der Waals surface area contributed by atoms with E-state index < -0.39 is 0 Å². The molecule has 0 unspecified atom stereocenters. The van der Waals surface area contributed by atoms with Crippen LogP contribution in [0.5, 0.6) is 0 Å². The second-order valence-electron chi connectivity index (χ2n) is 7.99. The molecule has 4 aromatic rings.